The summed E-state index contributed by atoms with van der Waals surface area (Å²) in [6.45, 7) is -0.314. The fraction of sp³-hybridized carbons (Fsp3) is 0.615. The van der Waals surface area contributed by atoms with Crippen LogP contribution in [-0.2, 0) is 17.4 Å². The average molecular weight is 304 g/mol. The molecule has 2 rings (SSSR count). The highest BCUT2D eigenvalue weighted by molar-refractivity contribution is 5.79. The summed E-state index contributed by atoms with van der Waals surface area (Å²) in [7, 11) is 0. The van der Waals surface area contributed by atoms with Gasteiger partial charge in [-0.1, -0.05) is 0 Å². The molecule has 1 saturated carbocycles. The standard InChI is InChI=1S/C13H15F3N2O3/c14-13(15,16)11-7-8(5-6-19)17-12(18-11)21-10-3-1-9(20)2-4-10/h7,10,19H,1-6H2. The third kappa shape index (κ3) is 4.38. The highest BCUT2D eigenvalue weighted by Crippen LogP contribution is 2.29. The third-order valence-corrected chi connectivity index (χ3v) is 3.18. The molecule has 0 aromatic carbocycles. The molecule has 5 nitrogen and oxygen atoms in total. The fourth-order valence-electron chi connectivity index (χ4n) is 2.09. The van der Waals surface area contributed by atoms with Crippen molar-refractivity contribution < 1.29 is 27.8 Å². The second-order valence-corrected chi connectivity index (χ2v) is 4.85. The quantitative estimate of drug-likeness (QED) is 0.920. The van der Waals surface area contributed by atoms with E-state index < -0.39 is 11.9 Å². The zero-order valence-electron chi connectivity index (χ0n) is 11.2. The number of halogens is 3. The maximum atomic E-state index is 12.8. The van der Waals surface area contributed by atoms with Crippen LogP contribution in [0.15, 0.2) is 6.07 Å². The molecule has 0 spiro atoms. The summed E-state index contributed by atoms with van der Waals surface area (Å²) >= 11 is 0. The van der Waals surface area contributed by atoms with Crippen LogP contribution in [0.3, 0.4) is 0 Å². The number of hydrogen-bond donors (Lipinski definition) is 1. The SMILES string of the molecule is O=C1CCC(Oc2nc(CCO)cc(C(F)(F)F)n2)CC1. The highest BCUT2D eigenvalue weighted by atomic mass is 19.4. The van der Waals surface area contributed by atoms with Gasteiger partial charge >= 0.3 is 12.2 Å². The number of ether oxygens (including phenoxy) is 1. The first-order valence-corrected chi connectivity index (χ1v) is 6.63. The number of hydrogen-bond acceptors (Lipinski definition) is 5. The number of alkyl halides is 3. The van der Waals surface area contributed by atoms with Gasteiger partial charge in [0.05, 0.1) is 5.69 Å². The summed E-state index contributed by atoms with van der Waals surface area (Å²) in [6.07, 6.45) is -3.35. The molecule has 0 saturated heterocycles. The molecule has 1 aliphatic rings. The van der Waals surface area contributed by atoms with Gasteiger partial charge in [-0.25, -0.2) is 4.98 Å². The van der Waals surface area contributed by atoms with Gasteiger partial charge in [0.25, 0.3) is 0 Å². The van der Waals surface area contributed by atoms with E-state index in [1.807, 2.05) is 0 Å². The molecule has 0 atom stereocenters. The summed E-state index contributed by atoms with van der Waals surface area (Å²) in [4.78, 5) is 18.4. The van der Waals surface area contributed by atoms with Crippen molar-refractivity contribution in [1.82, 2.24) is 9.97 Å². The van der Waals surface area contributed by atoms with E-state index in [-0.39, 0.29) is 36.6 Å². The summed E-state index contributed by atoms with van der Waals surface area (Å²) in [5.41, 5.74) is -1.02. The van der Waals surface area contributed by atoms with Crippen LogP contribution in [0.5, 0.6) is 6.01 Å². The number of Topliss-reactive ketones (excluding diaryl/α,β-unsaturated/α-hetero) is 1. The Morgan fingerprint density at radius 2 is 1.95 bits per heavy atom. The van der Waals surface area contributed by atoms with Crippen LogP contribution in [0.1, 0.15) is 37.1 Å². The molecule has 1 heterocycles. The Morgan fingerprint density at radius 1 is 1.29 bits per heavy atom. The normalized spacial score (nSPS) is 17.0. The van der Waals surface area contributed by atoms with Crippen LogP contribution in [0, 0.1) is 0 Å². The molecule has 0 amide bonds. The van der Waals surface area contributed by atoms with Gasteiger partial charge in [-0.15, -0.1) is 0 Å². The molecule has 1 aliphatic carbocycles. The van der Waals surface area contributed by atoms with E-state index in [4.69, 9.17) is 9.84 Å². The zero-order valence-corrected chi connectivity index (χ0v) is 11.2. The first-order valence-electron chi connectivity index (χ1n) is 6.63. The Balaban J connectivity index is 2.17. The lowest BCUT2D eigenvalue weighted by Gasteiger charge is -2.21. The minimum atomic E-state index is -4.60. The third-order valence-electron chi connectivity index (χ3n) is 3.18. The van der Waals surface area contributed by atoms with E-state index in [1.165, 1.54) is 0 Å². The fourth-order valence-corrected chi connectivity index (χ4v) is 2.09. The Bertz CT molecular complexity index is 510. The second kappa shape index (κ2) is 6.38. The lowest BCUT2D eigenvalue weighted by Crippen LogP contribution is -2.25. The van der Waals surface area contributed by atoms with Gasteiger partial charge in [-0.2, -0.15) is 18.2 Å². The molecule has 0 bridgehead atoms. The Hall–Kier alpha value is -1.70. The summed E-state index contributed by atoms with van der Waals surface area (Å²) in [6, 6.07) is 0.445. The van der Waals surface area contributed by atoms with Crippen molar-refractivity contribution in [3.8, 4) is 6.01 Å². The van der Waals surface area contributed by atoms with Crippen molar-refractivity contribution in [2.75, 3.05) is 6.61 Å². The Labute approximate surface area is 119 Å². The summed E-state index contributed by atoms with van der Waals surface area (Å²) in [5.74, 6) is 0.126. The van der Waals surface area contributed by atoms with Crippen molar-refractivity contribution in [3.63, 3.8) is 0 Å². The van der Waals surface area contributed by atoms with Gasteiger partial charge in [-0.3, -0.25) is 4.79 Å². The smallest absolute Gasteiger partial charge is 0.433 e. The van der Waals surface area contributed by atoms with E-state index in [0.29, 0.717) is 25.7 Å². The molecule has 1 fully saturated rings. The summed E-state index contributed by atoms with van der Waals surface area (Å²) < 4.78 is 43.7. The van der Waals surface area contributed by atoms with E-state index in [2.05, 4.69) is 9.97 Å². The van der Waals surface area contributed by atoms with Crippen molar-refractivity contribution in [2.45, 2.75) is 44.4 Å². The molecule has 21 heavy (non-hydrogen) atoms. The maximum absolute atomic E-state index is 12.8. The number of rotatable bonds is 4. The molecule has 8 heteroatoms. The second-order valence-electron chi connectivity index (χ2n) is 4.85. The first kappa shape index (κ1) is 15.7. The lowest BCUT2D eigenvalue weighted by molar-refractivity contribution is -0.141. The average Bonchev–Trinajstić information content (AvgIpc) is 2.41. The number of ketones is 1. The molecular formula is C13H15F3N2O3. The van der Waals surface area contributed by atoms with Crippen molar-refractivity contribution in [3.05, 3.63) is 17.5 Å². The van der Waals surface area contributed by atoms with Crippen molar-refractivity contribution in [1.29, 1.82) is 0 Å². The number of carbonyl (C=O) groups is 1. The first-order chi connectivity index (χ1) is 9.88. The van der Waals surface area contributed by atoms with Gasteiger partial charge in [-0.05, 0) is 18.9 Å². The zero-order chi connectivity index (χ0) is 15.5. The molecule has 0 unspecified atom stereocenters. The Morgan fingerprint density at radius 3 is 2.52 bits per heavy atom. The number of aliphatic hydroxyl groups excluding tert-OH is 1. The minimum Gasteiger partial charge on any atom is -0.460 e. The van der Waals surface area contributed by atoms with Gasteiger partial charge in [0.15, 0.2) is 5.69 Å². The van der Waals surface area contributed by atoms with E-state index in [9.17, 15) is 18.0 Å². The highest BCUT2D eigenvalue weighted by Gasteiger charge is 2.34. The maximum Gasteiger partial charge on any atom is 0.433 e. The Kier molecular flexibility index (Phi) is 4.76. The summed E-state index contributed by atoms with van der Waals surface area (Å²) in [5, 5.41) is 8.83. The molecule has 0 aliphatic heterocycles. The van der Waals surface area contributed by atoms with E-state index in [1.54, 1.807) is 0 Å². The van der Waals surface area contributed by atoms with Crippen LogP contribution < -0.4 is 4.74 Å². The number of aromatic nitrogens is 2. The van der Waals surface area contributed by atoms with E-state index in [0.717, 1.165) is 6.07 Å². The predicted molar refractivity (Wildman–Crippen MR) is 65.7 cm³/mol. The van der Waals surface area contributed by atoms with Gasteiger partial charge in [0.2, 0.25) is 0 Å². The molecule has 1 N–H and O–H groups in total. The largest absolute Gasteiger partial charge is 0.460 e. The molecular weight excluding hydrogens is 289 g/mol. The predicted octanol–water partition coefficient (Wildman–Crippen LogP) is 1.92. The molecule has 1 aromatic heterocycles. The molecule has 1 aromatic rings. The number of nitrogens with zero attached hydrogens (tertiary/aromatic N) is 2. The van der Waals surface area contributed by atoms with Gasteiger partial charge < -0.3 is 9.84 Å². The molecule has 116 valence electrons. The van der Waals surface area contributed by atoms with Crippen LogP contribution in [0.4, 0.5) is 13.2 Å². The van der Waals surface area contributed by atoms with E-state index >= 15 is 0 Å². The number of aliphatic hydroxyl groups is 1. The van der Waals surface area contributed by atoms with Crippen LogP contribution in [0.25, 0.3) is 0 Å². The minimum absolute atomic E-state index is 0.00882. The monoisotopic (exact) mass is 304 g/mol. The lowest BCUT2D eigenvalue weighted by atomic mass is 9.97. The van der Waals surface area contributed by atoms with Gasteiger partial charge in [0.1, 0.15) is 11.9 Å². The van der Waals surface area contributed by atoms with Crippen molar-refractivity contribution in [2.24, 2.45) is 0 Å². The van der Waals surface area contributed by atoms with Crippen LogP contribution in [-0.4, -0.2) is 33.6 Å². The topological polar surface area (TPSA) is 72.3 Å². The van der Waals surface area contributed by atoms with Gasteiger partial charge in [0, 0.05) is 25.9 Å². The van der Waals surface area contributed by atoms with Crippen molar-refractivity contribution >= 4 is 5.78 Å². The van der Waals surface area contributed by atoms with Crippen LogP contribution >= 0.6 is 0 Å². The molecule has 0 radical (unpaired) electrons. The van der Waals surface area contributed by atoms with Crippen LogP contribution in [0.2, 0.25) is 0 Å². The number of carbonyl (C=O) groups excluding carboxylic acids is 1.